The van der Waals surface area contributed by atoms with Crippen LogP contribution >= 0.6 is 34.7 Å². The Labute approximate surface area is 182 Å². The van der Waals surface area contributed by atoms with Crippen LogP contribution < -0.4 is 5.56 Å². The van der Waals surface area contributed by atoms with E-state index in [4.69, 9.17) is 16.0 Å². The highest BCUT2D eigenvalue weighted by Crippen LogP contribution is 2.35. The maximum atomic E-state index is 12.8. The number of aromatic amines is 1. The van der Waals surface area contributed by atoms with Gasteiger partial charge in [0.15, 0.2) is 0 Å². The summed E-state index contributed by atoms with van der Waals surface area (Å²) in [7, 11) is 0. The molecular weight excluding hydrogens is 444 g/mol. The summed E-state index contributed by atoms with van der Waals surface area (Å²) in [6.07, 6.45) is 1.61. The van der Waals surface area contributed by atoms with Gasteiger partial charge in [-0.05, 0) is 28.6 Å². The molecule has 11 heteroatoms. The zero-order valence-electron chi connectivity index (χ0n) is 15.3. The van der Waals surface area contributed by atoms with Crippen molar-refractivity contribution < 1.29 is 4.42 Å². The Morgan fingerprint density at radius 1 is 1.20 bits per heavy atom. The van der Waals surface area contributed by atoms with Crippen molar-refractivity contribution in [3.63, 3.8) is 0 Å². The third-order valence-electron chi connectivity index (χ3n) is 4.38. The molecule has 1 N–H and O–H groups in total. The topological polar surface area (TPSA) is 102 Å². The van der Waals surface area contributed by atoms with Gasteiger partial charge in [-0.3, -0.25) is 4.79 Å². The van der Waals surface area contributed by atoms with E-state index in [2.05, 4.69) is 25.5 Å². The third-order valence-corrected chi connectivity index (χ3v) is 6.55. The van der Waals surface area contributed by atoms with Crippen molar-refractivity contribution in [3.8, 4) is 11.1 Å². The monoisotopic (exact) mass is 456 g/mol. The highest BCUT2D eigenvalue weighted by atomic mass is 35.5. The van der Waals surface area contributed by atoms with Gasteiger partial charge >= 0.3 is 0 Å². The van der Waals surface area contributed by atoms with Gasteiger partial charge in [-0.15, -0.1) is 16.4 Å². The summed E-state index contributed by atoms with van der Waals surface area (Å²) >= 11 is 9.12. The van der Waals surface area contributed by atoms with Crippen LogP contribution in [0.25, 0.3) is 21.3 Å². The molecule has 0 bridgehead atoms. The van der Waals surface area contributed by atoms with Crippen molar-refractivity contribution in [2.75, 3.05) is 0 Å². The highest BCUT2D eigenvalue weighted by molar-refractivity contribution is 7.98. The number of benzene rings is 1. The Morgan fingerprint density at radius 2 is 2.10 bits per heavy atom. The summed E-state index contributed by atoms with van der Waals surface area (Å²) in [5.74, 6) is 1.73. The Kier molecular flexibility index (Phi) is 5.11. The van der Waals surface area contributed by atoms with E-state index in [-0.39, 0.29) is 5.56 Å². The normalized spacial score (nSPS) is 11.4. The van der Waals surface area contributed by atoms with Crippen molar-refractivity contribution >= 4 is 44.9 Å². The molecule has 1 aromatic carbocycles. The molecular formula is C19H13ClN6O2S2. The van der Waals surface area contributed by atoms with Gasteiger partial charge in [0.1, 0.15) is 23.0 Å². The van der Waals surface area contributed by atoms with E-state index < -0.39 is 0 Å². The lowest BCUT2D eigenvalue weighted by atomic mass is 10.1. The number of thioether (sulfide) groups is 1. The van der Waals surface area contributed by atoms with Crippen molar-refractivity contribution in [1.82, 2.24) is 30.2 Å². The number of nitrogens with zero attached hydrogens (tertiary/aromatic N) is 5. The average Bonchev–Trinajstić information content (AvgIpc) is 3.49. The number of tetrazole rings is 1. The molecule has 150 valence electrons. The van der Waals surface area contributed by atoms with Crippen LogP contribution in [0.5, 0.6) is 0 Å². The highest BCUT2D eigenvalue weighted by Gasteiger charge is 2.16. The van der Waals surface area contributed by atoms with Crippen LogP contribution in [0.15, 0.2) is 62.4 Å². The predicted molar refractivity (Wildman–Crippen MR) is 116 cm³/mol. The second-order valence-corrected chi connectivity index (χ2v) is 8.52. The van der Waals surface area contributed by atoms with Gasteiger partial charge in [0.2, 0.25) is 5.16 Å². The fraction of sp³-hybridized carbons (Fsp3) is 0.105. The zero-order chi connectivity index (χ0) is 20.5. The van der Waals surface area contributed by atoms with E-state index in [1.807, 2.05) is 35.7 Å². The van der Waals surface area contributed by atoms with E-state index in [0.29, 0.717) is 38.5 Å². The fourth-order valence-electron chi connectivity index (χ4n) is 3.02. The van der Waals surface area contributed by atoms with E-state index in [9.17, 15) is 4.79 Å². The van der Waals surface area contributed by atoms with Gasteiger partial charge in [0, 0.05) is 21.5 Å². The largest absolute Gasteiger partial charge is 0.467 e. The summed E-state index contributed by atoms with van der Waals surface area (Å²) in [5, 5.41) is 15.4. The number of aromatic nitrogens is 6. The first-order valence-electron chi connectivity index (χ1n) is 8.85. The summed E-state index contributed by atoms with van der Waals surface area (Å²) < 4.78 is 6.98. The molecule has 0 atom stereocenters. The molecule has 0 unspecified atom stereocenters. The first-order chi connectivity index (χ1) is 14.7. The molecule has 5 aromatic rings. The van der Waals surface area contributed by atoms with E-state index >= 15 is 0 Å². The number of rotatable bonds is 6. The van der Waals surface area contributed by atoms with Crippen molar-refractivity contribution in [3.05, 3.63) is 75.0 Å². The van der Waals surface area contributed by atoms with Crippen LogP contribution in [0, 0.1) is 0 Å². The molecule has 0 radical (unpaired) electrons. The molecule has 30 heavy (non-hydrogen) atoms. The zero-order valence-corrected chi connectivity index (χ0v) is 17.7. The Balaban J connectivity index is 1.40. The standard InChI is InChI=1S/C19H13ClN6O2S2/c20-14-6-2-1-5-12(14)13-9-29-18-16(13)17(27)21-15(22-18)10-30-19-23-24-25-26(19)8-11-4-3-7-28-11/h1-7,9H,8,10H2,(H,21,22,27). The van der Waals surface area contributed by atoms with Crippen molar-refractivity contribution in [2.24, 2.45) is 0 Å². The van der Waals surface area contributed by atoms with E-state index in [1.54, 1.807) is 17.0 Å². The summed E-state index contributed by atoms with van der Waals surface area (Å²) in [6, 6.07) is 11.1. The second-order valence-electron chi connectivity index (χ2n) is 6.31. The van der Waals surface area contributed by atoms with Gasteiger partial charge in [-0.2, -0.15) is 0 Å². The number of nitrogens with one attached hydrogen (secondary N) is 1. The molecule has 5 rings (SSSR count). The van der Waals surface area contributed by atoms with Crippen molar-refractivity contribution in [1.29, 1.82) is 0 Å². The maximum Gasteiger partial charge on any atom is 0.260 e. The fourth-order valence-corrected chi connectivity index (χ4v) is 4.96. The number of hydrogen-bond acceptors (Lipinski definition) is 8. The van der Waals surface area contributed by atoms with Crippen LogP contribution in [0.1, 0.15) is 11.6 Å². The lowest BCUT2D eigenvalue weighted by Crippen LogP contribution is -2.11. The van der Waals surface area contributed by atoms with E-state index in [0.717, 1.165) is 16.9 Å². The molecule has 0 aliphatic heterocycles. The quantitative estimate of drug-likeness (QED) is 0.381. The van der Waals surface area contributed by atoms with Crippen LogP contribution in [-0.4, -0.2) is 30.2 Å². The molecule has 0 spiro atoms. The van der Waals surface area contributed by atoms with Crippen molar-refractivity contribution in [2.45, 2.75) is 17.5 Å². The second kappa shape index (κ2) is 8.05. The van der Waals surface area contributed by atoms with E-state index in [1.165, 1.54) is 23.1 Å². The number of H-pyrrole nitrogens is 1. The molecule has 0 fully saturated rings. The summed E-state index contributed by atoms with van der Waals surface area (Å²) in [6.45, 7) is 0.428. The molecule has 4 heterocycles. The minimum atomic E-state index is -0.193. The first kappa shape index (κ1) is 19.0. The third kappa shape index (κ3) is 3.64. The smallest absolute Gasteiger partial charge is 0.260 e. The molecule has 0 aliphatic carbocycles. The van der Waals surface area contributed by atoms with Crippen LogP contribution in [-0.2, 0) is 12.3 Å². The lowest BCUT2D eigenvalue weighted by molar-refractivity contribution is 0.462. The van der Waals surface area contributed by atoms with Crippen LogP contribution in [0.2, 0.25) is 5.02 Å². The Hall–Kier alpha value is -2.95. The molecule has 8 nitrogen and oxygen atoms in total. The van der Waals surface area contributed by atoms with Gasteiger partial charge in [-0.25, -0.2) is 9.67 Å². The minimum absolute atomic E-state index is 0.193. The average molecular weight is 457 g/mol. The number of hydrogen-bond donors (Lipinski definition) is 1. The van der Waals surface area contributed by atoms with Gasteiger partial charge in [0.05, 0.1) is 17.4 Å². The number of furan rings is 1. The summed E-state index contributed by atoms with van der Waals surface area (Å²) in [4.78, 5) is 21.0. The molecule has 0 aliphatic rings. The molecule has 0 saturated heterocycles. The summed E-state index contributed by atoms with van der Waals surface area (Å²) in [5.41, 5.74) is 1.41. The maximum absolute atomic E-state index is 12.8. The molecule has 0 saturated carbocycles. The van der Waals surface area contributed by atoms with Gasteiger partial charge in [0.25, 0.3) is 5.56 Å². The van der Waals surface area contributed by atoms with Gasteiger partial charge < -0.3 is 9.40 Å². The number of fused-ring (bicyclic) bond motifs is 1. The minimum Gasteiger partial charge on any atom is -0.467 e. The SMILES string of the molecule is O=c1[nH]c(CSc2nnnn2Cc2ccco2)nc2scc(-c3ccccc3Cl)c12. The Morgan fingerprint density at radius 3 is 2.93 bits per heavy atom. The Bertz CT molecular complexity index is 1380. The van der Waals surface area contributed by atoms with Crippen LogP contribution in [0.4, 0.5) is 0 Å². The first-order valence-corrected chi connectivity index (χ1v) is 11.1. The lowest BCUT2D eigenvalue weighted by Gasteiger charge is -2.04. The van der Waals surface area contributed by atoms with Crippen LogP contribution in [0.3, 0.4) is 0 Å². The number of halogens is 1. The molecule has 4 aromatic heterocycles. The predicted octanol–water partition coefficient (Wildman–Crippen LogP) is 4.23. The van der Waals surface area contributed by atoms with Gasteiger partial charge in [-0.1, -0.05) is 41.6 Å². The number of thiophene rings is 1. The molecule has 0 amide bonds.